The second-order valence-electron chi connectivity index (χ2n) is 7.56. The van der Waals surface area contributed by atoms with Crippen molar-refractivity contribution in [1.29, 1.82) is 0 Å². The van der Waals surface area contributed by atoms with E-state index in [9.17, 15) is 33.9 Å². The van der Waals surface area contributed by atoms with Gasteiger partial charge in [0, 0.05) is 6.42 Å². The fourth-order valence-electron chi connectivity index (χ4n) is 3.17. The first kappa shape index (κ1) is 28.2. The summed E-state index contributed by atoms with van der Waals surface area (Å²) in [5.41, 5.74) is 5.17. The van der Waals surface area contributed by atoms with Gasteiger partial charge in [0.1, 0.15) is 18.1 Å². The summed E-state index contributed by atoms with van der Waals surface area (Å²) in [7, 11) is 0. The van der Waals surface area contributed by atoms with Gasteiger partial charge in [0.2, 0.25) is 23.6 Å². The van der Waals surface area contributed by atoms with Gasteiger partial charge in [-0.2, -0.15) is 11.8 Å². The summed E-state index contributed by atoms with van der Waals surface area (Å²) < 4.78 is 0. The molecule has 4 amide bonds. The molecule has 1 aliphatic rings. The molecular weight excluding hydrogens is 458 g/mol. The zero-order valence-corrected chi connectivity index (χ0v) is 19.1. The number of nitrogens with two attached hydrogens (primary N) is 1. The van der Waals surface area contributed by atoms with Crippen molar-refractivity contribution >= 4 is 47.3 Å². The van der Waals surface area contributed by atoms with Crippen LogP contribution in [-0.4, -0.2) is 88.5 Å². The summed E-state index contributed by atoms with van der Waals surface area (Å²) in [5, 5.41) is 28.1. The van der Waals surface area contributed by atoms with Gasteiger partial charge in [-0.15, -0.1) is 0 Å². The van der Waals surface area contributed by atoms with E-state index in [-0.39, 0.29) is 12.3 Å². The minimum Gasteiger partial charge on any atom is -0.481 e. The van der Waals surface area contributed by atoms with E-state index in [4.69, 9.17) is 10.8 Å². The van der Waals surface area contributed by atoms with E-state index >= 15 is 0 Å². The highest BCUT2D eigenvalue weighted by molar-refractivity contribution is 7.98. The maximum absolute atomic E-state index is 12.8. The first-order chi connectivity index (χ1) is 15.5. The highest BCUT2D eigenvalue weighted by Gasteiger charge is 2.32. The van der Waals surface area contributed by atoms with Crippen LogP contribution in [0.3, 0.4) is 0 Å². The summed E-state index contributed by atoms with van der Waals surface area (Å²) in [6.07, 6.45) is 2.01. The Hall–Kier alpha value is -2.87. The lowest BCUT2D eigenvalue weighted by Gasteiger charge is -2.24. The van der Waals surface area contributed by atoms with Crippen molar-refractivity contribution in [3.8, 4) is 0 Å². The number of aliphatic carboxylic acids is 2. The summed E-state index contributed by atoms with van der Waals surface area (Å²) >= 11 is 1.45. The Labute approximate surface area is 195 Å². The molecule has 1 aliphatic heterocycles. The Morgan fingerprint density at radius 2 is 1.64 bits per heavy atom. The Morgan fingerprint density at radius 3 is 2.15 bits per heavy atom. The van der Waals surface area contributed by atoms with Crippen molar-refractivity contribution in [2.24, 2.45) is 5.73 Å². The van der Waals surface area contributed by atoms with E-state index in [0.717, 1.165) is 6.42 Å². The number of hydrogen-bond acceptors (Lipinski definition) is 8. The smallest absolute Gasteiger partial charge is 0.326 e. The van der Waals surface area contributed by atoms with Crippen LogP contribution in [-0.2, 0) is 28.8 Å². The number of amides is 4. The molecule has 4 unspecified atom stereocenters. The van der Waals surface area contributed by atoms with Crippen LogP contribution in [0.5, 0.6) is 0 Å². The number of carboxylic acids is 2. The van der Waals surface area contributed by atoms with Gasteiger partial charge in [0.25, 0.3) is 0 Å². The van der Waals surface area contributed by atoms with E-state index in [1.54, 1.807) is 0 Å². The number of hydrogen-bond donors (Lipinski definition) is 7. The van der Waals surface area contributed by atoms with E-state index in [2.05, 4.69) is 21.3 Å². The average Bonchev–Trinajstić information content (AvgIpc) is 3.27. The lowest BCUT2D eigenvalue weighted by Crippen LogP contribution is -2.57. The minimum absolute atomic E-state index is 0.257. The molecule has 1 rings (SSSR count). The summed E-state index contributed by atoms with van der Waals surface area (Å²) in [6.45, 7) is 0.688. The van der Waals surface area contributed by atoms with Gasteiger partial charge in [-0.1, -0.05) is 0 Å². The molecule has 4 atom stereocenters. The normalized spacial score (nSPS) is 17.9. The molecule has 0 radical (unpaired) electrons. The highest BCUT2D eigenvalue weighted by atomic mass is 32.2. The van der Waals surface area contributed by atoms with Crippen LogP contribution < -0.4 is 27.0 Å². The number of nitrogens with one attached hydrogen (secondary N) is 4. The monoisotopic (exact) mass is 489 g/mol. The van der Waals surface area contributed by atoms with Crippen molar-refractivity contribution < 1.29 is 39.0 Å². The van der Waals surface area contributed by atoms with Gasteiger partial charge in [0.05, 0.1) is 12.5 Å². The van der Waals surface area contributed by atoms with Crippen LogP contribution in [0.15, 0.2) is 0 Å². The number of rotatable bonds is 15. The number of carbonyl (C=O) groups is 6. The van der Waals surface area contributed by atoms with E-state index in [1.165, 1.54) is 11.8 Å². The lowest BCUT2D eigenvalue weighted by molar-refractivity contribution is -0.143. The number of carbonyl (C=O) groups excluding carboxylic acids is 4. The number of primary amides is 1. The molecule has 13 nitrogen and oxygen atoms in total. The standard InChI is InChI=1S/C19H31N5O8S/c1-33-8-6-11(22-16(28)10-3-2-7-21-10)17(29)24-13(9-14(20)25)18(30)23-12(19(31)32)4-5-15(26)27/h10-13,21H,2-9H2,1H3,(H2,20,25)(H,22,28)(H,23,30)(H,24,29)(H,26,27)(H,31,32). The van der Waals surface area contributed by atoms with Crippen molar-refractivity contribution in [3.63, 3.8) is 0 Å². The second kappa shape index (κ2) is 14.3. The number of carboxylic acid groups (broad SMARTS) is 2. The maximum atomic E-state index is 12.8. The topological polar surface area (TPSA) is 217 Å². The second-order valence-corrected chi connectivity index (χ2v) is 8.54. The maximum Gasteiger partial charge on any atom is 0.326 e. The third-order valence-corrected chi connectivity index (χ3v) is 5.56. The molecule has 8 N–H and O–H groups in total. The SMILES string of the molecule is CSCCC(NC(=O)C1CCCN1)C(=O)NC(CC(N)=O)C(=O)NC(CCC(=O)O)C(=O)O. The average molecular weight is 490 g/mol. The predicted molar refractivity (Wildman–Crippen MR) is 118 cm³/mol. The molecule has 0 aromatic carbocycles. The van der Waals surface area contributed by atoms with Gasteiger partial charge in [0.15, 0.2) is 0 Å². The molecule has 0 spiro atoms. The van der Waals surface area contributed by atoms with E-state index in [0.29, 0.717) is 18.7 Å². The molecule has 1 fully saturated rings. The Kier molecular flexibility index (Phi) is 12.2. The molecule has 186 valence electrons. The van der Waals surface area contributed by atoms with Crippen LogP contribution >= 0.6 is 11.8 Å². The molecule has 0 aromatic heterocycles. The largest absolute Gasteiger partial charge is 0.481 e. The Balaban J connectivity index is 2.89. The van der Waals surface area contributed by atoms with Crippen molar-refractivity contribution in [2.75, 3.05) is 18.6 Å². The fourth-order valence-corrected chi connectivity index (χ4v) is 3.64. The summed E-state index contributed by atoms with van der Waals surface area (Å²) in [5.74, 6) is -5.21. The first-order valence-electron chi connectivity index (χ1n) is 10.4. The van der Waals surface area contributed by atoms with E-state index in [1.807, 2.05) is 6.26 Å². The van der Waals surface area contributed by atoms with Crippen molar-refractivity contribution in [3.05, 3.63) is 0 Å². The zero-order valence-electron chi connectivity index (χ0n) is 18.3. The summed E-state index contributed by atoms with van der Waals surface area (Å²) in [4.78, 5) is 71.4. The van der Waals surface area contributed by atoms with Gasteiger partial charge in [-0.3, -0.25) is 24.0 Å². The van der Waals surface area contributed by atoms with E-state index < -0.39 is 73.1 Å². The van der Waals surface area contributed by atoms with Crippen LogP contribution in [0.1, 0.15) is 38.5 Å². The molecule has 0 aliphatic carbocycles. The molecule has 33 heavy (non-hydrogen) atoms. The predicted octanol–water partition coefficient (Wildman–Crippen LogP) is -2.23. The third-order valence-electron chi connectivity index (χ3n) is 4.92. The lowest BCUT2D eigenvalue weighted by atomic mass is 10.1. The molecular formula is C19H31N5O8S. The molecule has 0 saturated carbocycles. The molecule has 0 aromatic rings. The quantitative estimate of drug-likeness (QED) is 0.131. The van der Waals surface area contributed by atoms with Gasteiger partial charge < -0.3 is 37.2 Å². The Morgan fingerprint density at radius 1 is 1.00 bits per heavy atom. The minimum atomic E-state index is -1.54. The van der Waals surface area contributed by atoms with Crippen molar-refractivity contribution in [1.82, 2.24) is 21.3 Å². The fraction of sp³-hybridized carbons (Fsp3) is 0.684. The Bertz CT molecular complexity index is 744. The molecule has 1 heterocycles. The molecule has 1 saturated heterocycles. The van der Waals surface area contributed by atoms with Crippen LogP contribution in [0.2, 0.25) is 0 Å². The summed E-state index contributed by atoms with van der Waals surface area (Å²) in [6, 6.07) is -4.45. The van der Waals surface area contributed by atoms with Gasteiger partial charge in [-0.05, 0) is 44.2 Å². The van der Waals surface area contributed by atoms with Crippen LogP contribution in [0.4, 0.5) is 0 Å². The van der Waals surface area contributed by atoms with Gasteiger partial charge in [-0.25, -0.2) is 4.79 Å². The number of thioether (sulfide) groups is 1. The zero-order chi connectivity index (χ0) is 25.0. The third kappa shape index (κ3) is 10.5. The highest BCUT2D eigenvalue weighted by Crippen LogP contribution is 2.08. The van der Waals surface area contributed by atoms with Gasteiger partial charge >= 0.3 is 11.9 Å². The first-order valence-corrected chi connectivity index (χ1v) is 11.8. The van der Waals surface area contributed by atoms with Crippen molar-refractivity contribution in [2.45, 2.75) is 62.7 Å². The molecule has 0 bridgehead atoms. The molecule has 14 heteroatoms. The van der Waals surface area contributed by atoms with Crippen LogP contribution in [0.25, 0.3) is 0 Å². The van der Waals surface area contributed by atoms with Crippen LogP contribution in [0, 0.1) is 0 Å².